The van der Waals surface area contributed by atoms with Crippen molar-refractivity contribution in [2.24, 2.45) is 5.73 Å². The number of allylic oxidation sites excluding steroid dienone is 6. The quantitative estimate of drug-likeness (QED) is 0.676. The molecule has 1 atom stereocenters. The Balaban J connectivity index is 2.35. The fourth-order valence-corrected chi connectivity index (χ4v) is 2.10. The van der Waals surface area contributed by atoms with E-state index < -0.39 is 0 Å². The lowest BCUT2D eigenvalue weighted by molar-refractivity contribution is 0.583. The molecule has 1 aliphatic carbocycles. The van der Waals surface area contributed by atoms with Gasteiger partial charge in [0, 0.05) is 5.54 Å². The number of hydrogen-bond acceptors (Lipinski definition) is 1. The number of nitrogens with two attached hydrogens (primary N) is 1. The molecule has 0 spiro atoms. The zero-order chi connectivity index (χ0) is 13.4. The highest BCUT2D eigenvalue weighted by atomic mass is 14.7. The van der Waals surface area contributed by atoms with Gasteiger partial charge < -0.3 is 5.73 Å². The molecular weight excluding hydrogens is 218 g/mol. The summed E-state index contributed by atoms with van der Waals surface area (Å²) in [5.74, 6) is 0. The molecule has 0 aromatic carbocycles. The summed E-state index contributed by atoms with van der Waals surface area (Å²) in [6.45, 7) is 6.37. The Morgan fingerprint density at radius 3 is 2.83 bits per heavy atom. The summed E-state index contributed by atoms with van der Waals surface area (Å²) in [7, 11) is 0. The second-order valence-electron chi connectivity index (χ2n) is 5.38. The van der Waals surface area contributed by atoms with Crippen LogP contribution in [0, 0.1) is 0 Å². The predicted octanol–water partition coefficient (Wildman–Crippen LogP) is 4.67. The molecule has 0 aromatic heterocycles. The highest BCUT2D eigenvalue weighted by Gasteiger charge is 2.15. The van der Waals surface area contributed by atoms with Gasteiger partial charge in [0.05, 0.1) is 0 Å². The zero-order valence-corrected chi connectivity index (χ0v) is 12.1. The Morgan fingerprint density at radius 2 is 2.28 bits per heavy atom. The molecule has 2 N–H and O–H groups in total. The van der Waals surface area contributed by atoms with Crippen molar-refractivity contribution < 1.29 is 0 Å². The maximum atomic E-state index is 6.05. The standard InChI is InChI=1S/C17H27N/c1-4-6-8-15(5-2)9-7-10-16-11-13-17(3,18)14-12-16/h4,6,8,11-13H,5,7,9-10,14,18H2,1-3H3/b6-4-,15-8+. The first-order valence-corrected chi connectivity index (χ1v) is 7.05. The van der Waals surface area contributed by atoms with E-state index in [1.807, 2.05) is 0 Å². The molecule has 0 radical (unpaired) electrons. The maximum absolute atomic E-state index is 6.05. The van der Waals surface area contributed by atoms with Crippen LogP contribution in [0.2, 0.25) is 0 Å². The lowest BCUT2D eigenvalue weighted by Crippen LogP contribution is -2.34. The van der Waals surface area contributed by atoms with Gasteiger partial charge in [0.2, 0.25) is 0 Å². The monoisotopic (exact) mass is 245 g/mol. The first-order chi connectivity index (χ1) is 8.57. The summed E-state index contributed by atoms with van der Waals surface area (Å²) < 4.78 is 0. The molecule has 18 heavy (non-hydrogen) atoms. The molecule has 0 amide bonds. The molecule has 0 saturated heterocycles. The van der Waals surface area contributed by atoms with Crippen LogP contribution in [0.1, 0.15) is 52.9 Å². The van der Waals surface area contributed by atoms with Gasteiger partial charge in [-0.15, -0.1) is 0 Å². The average molecular weight is 245 g/mol. The van der Waals surface area contributed by atoms with Crippen molar-refractivity contribution in [2.45, 2.75) is 58.4 Å². The zero-order valence-electron chi connectivity index (χ0n) is 12.1. The minimum atomic E-state index is -0.135. The lowest BCUT2D eigenvalue weighted by Gasteiger charge is -2.22. The highest BCUT2D eigenvalue weighted by Crippen LogP contribution is 2.22. The van der Waals surface area contributed by atoms with Crippen molar-refractivity contribution in [2.75, 3.05) is 0 Å². The summed E-state index contributed by atoms with van der Waals surface area (Å²) in [5.41, 5.74) is 8.89. The van der Waals surface area contributed by atoms with Crippen molar-refractivity contribution in [1.29, 1.82) is 0 Å². The molecule has 0 aliphatic heterocycles. The van der Waals surface area contributed by atoms with E-state index in [0.29, 0.717) is 0 Å². The van der Waals surface area contributed by atoms with E-state index in [0.717, 1.165) is 12.8 Å². The van der Waals surface area contributed by atoms with Crippen LogP contribution >= 0.6 is 0 Å². The van der Waals surface area contributed by atoms with Crippen LogP contribution in [-0.4, -0.2) is 5.54 Å². The minimum absolute atomic E-state index is 0.135. The molecule has 1 nitrogen and oxygen atoms in total. The largest absolute Gasteiger partial charge is 0.322 e. The lowest BCUT2D eigenvalue weighted by atomic mass is 9.89. The predicted molar refractivity (Wildman–Crippen MR) is 81.5 cm³/mol. The molecule has 0 aromatic rings. The molecule has 1 aliphatic rings. The average Bonchev–Trinajstić information content (AvgIpc) is 2.35. The van der Waals surface area contributed by atoms with Gasteiger partial charge in [-0.1, -0.05) is 54.5 Å². The third kappa shape index (κ3) is 5.50. The molecule has 100 valence electrons. The van der Waals surface area contributed by atoms with E-state index in [1.54, 1.807) is 0 Å². The summed E-state index contributed by atoms with van der Waals surface area (Å²) in [6, 6.07) is 0. The molecule has 0 bridgehead atoms. The Bertz CT molecular complexity index is 367. The molecule has 0 fully saturated rings. The minimum Gasteiger partial charge on any atom is -0.322 e. The Morgan fingerprint density at radius 1 is 1.50 bits per heavy atom. The SMILES string of the molecule is C/C=C\C=C(/CC)CCCC1=CCC(C)(N)C=C1. The van der Waals surface area contributed by atoms with Crippen LogP contribution in [-0.2, 0) is 0 Å². The highest BCUT2D eigenvalue weighted by molar-refractivity contribution is 5.28. The van der Waals surface area contributed by atoms with Gasteiger partial charge >= 0.3 is 0 Å². The first-order valence-electron chi connectivity index (χ1n) is 7.05. The molecule has 1 unspecified atom stereocenters. The Hall–Kier alpha value is -1.08. The van der Waals surface area contributed by atoms with Crippen molar-refractivity contribution in [1.82, 2.24) is 0 Å². The normalized spacial score (nSPS) is 24.7. The van der Waals surface area contributed by atoms with Gasteiger partial charge in [0.25, 0.3) is 0 Å². The van der Waals surface area contributed by atoms with E-state index >= 15 is 0 Å². The molecule has 1 rings (SSSR count). The topological polar surface area (TPSA) is 26.0 Å². The van der Waals surface area contributed by atoms with Crippen LogP contribution in [0.4, 0.5) is 0 Å². The maximum Gasteiger partial charge on any atom is 0.0348 e. The Kier molecular flexibility index (Phi) is 6.14. The summed E-state index contributed by atoms with van der Waals surface area (Å²) in [5, 5.41) is 0. The fourth-order valence-electron chi connectivity index (χ4n) is 2.10. The summed E-state index contributed by atoms with van der Waals surface area (Å²) in [6.07, 6.45) is 18.8. The second kappa shape index (κ2) is 7.38. The van der Waals surface area contributed by atoms with Gasteiger partial charge in [-0.3, -0.25) is 0 Å². The van der Waals surface area contributed by atoms with E-state index in [2.05, 4.69) is 57.2 Å². The van der Waals surface area contributed by atoms with Gasteiger partial charge in [-0.05, 0) is 46.0 Å². The molecule has 1 heteroatoms. The van der Waals surface area contributed by atoms with Crippen molar-refractivity contribution in [3.05, 3.63) is 47.6 Å². The molecule has 0 saturated carbocycles. The van der Waals surface area contributed by atoms with Crippen LogP contribution in [0.25, 0.3) is 0 Å². The van der Waals surface area contributed by atoms with Crippen LogP contribution in [0.3, 0.4) is 0 Å². The molecule has 0 heterocycles. The third-order valence-electron chi connectivity index (χ3n) is 3.42. The summed E-state index contributed by atoms with van der Waals surface area (Å²) in [4.78, 5) is 0. The molecular formula is C17H27N. The van der Waals surface area contributed by atoms with Crippen LogP contribution in [0.15, 0.2) is 47.6 Å². The van der Waals surface area contributed by atoms with E-state index in [-0.39, 0.29) is 5.54 Å². The van der Waals surface area contributed by atoms with Crippen LogP contribution in [0.5, 0.6) is 0 Å². The van der Waals surface area contributed by atoms with E-state index in [4.69, 9.17) is 5.73 Å². The van der Waals surface area contributed by atoms with Crippen molar-refractivity contribution in [3.63, 3.8) is 0 Å². The van der Waals surface area contributed by atoms with Gasteiger partial charge in [-0.2, -0.15) is 0 Å². The van der Waals surface area contributed by atoms with Gasteiger partial charge in [0.15, 0.2) is 0 Å². The third-order valence-corrected chi connectivity index (χ3v) is 3.42. The van der Waals surface area contributed by atoms with Gasteiger partial charge in [0.1, 0.15) is 0 Å². The second-order valence-corrected chi connectivity index (χ2v) is 5.38. The van der Waals surface area contributed by atoms with E-state index in [9.17, 15) is 0 Å². The van der Waals surface area contributed by atoms with Crippen molar-refractivity contribution >= 4 is 0 Å². The fraction of sp³-hybridized carbons (Fsp3) is 0.529. The van der Waals surface area contributed by atoms with E-state index in [1.165, 1.54) is 30.4 Å². The summed E-state index contributed by atoms with van der Waals surface area (Å²) >= 11 is 0. The van der Waals surface area contributed by atoms with Gasteiger partial charge in [-0.25, -0.2) is 0 Å². The van der Waals surface area contributed by atoms with Crippen molar-refractivity contribution in [3.8, 4) is 0 Å². The number of hydrogen-bond donors (Lipinski definition) is 1. The van der Waals surface area contributed by atoms with Crippen LogP contribution < -0.4 is 5.73 Å². The number of rotatable bonds is 6. The Labute approximate surface area is 112 Å². The first kappa shape index (κ1) is 15.0. The smallest absolute Gasteiger partial charge is 0.0348 e.